The van der Waals surface area contributed by atoms with Gasteiger partial charge >= 0.3 is 0 Å². The molecule has 0 amide bonds. The van der Waals surface area contributed by atoms with E-state index in [2.05, 4.69) is 29.7 Å². The lowest BCUT2D eigenvalue weighted by Gasteiger charge is -2.62. The molecule has 1 spiro atoms. The molecule has 7 rings (SSSR count). The van der Waals surface area contributed by atoms with Crippen molar-refractivity contribution in [3.8, 4) is 23.1 Å². The highest BCUT2D eigenvalue weighted by atomic mass is 16.5. The number of aldehydes is 1. The summed E-state index contributed by atoms with van der Waals surface area (Å²) in [6.45, 7) is 7.28. The minimum absolute atomic E-state index is 0.403. The Kier molecular flexibility index (Phi) is 6.95. The molecule has 0 unspecified atom stereocenters. The van der Waals surface area contributed by atoms with Crippen LogP contribution < -0.4 is 19.1 Å². The number of rotatable bonds is 9. The molecule has 2 saturated heterocycles. The molecule has 10 heteroatoms. The van der Waals surface area contributed by atoms with E-state index < -0.39 is 0 Å². The lowest BCUT2D eigenvalue weighted by Crippen LogP contribution is -2.68. The van der Waals surface area contributed by atoms with Gasteiger partial charge in [0, 0.05) is 86.8 Å². The number of pyridine rings is 2. The normalized spacial score (nSPS) is 19.0. The summed E-state index contributed by atoms with van der Waals surface area (Å²) in [5, 5.41) is 0.970. The number of methoxy groups -OCH3 is 2. The van der Waals surface area contributed by atoms with E-state index in [1.54, 1.807) is 20.4 Å². The fraction of sp³-hybridized carbons (Fsp3) is 0.406. The molecule has 218 valence electrons. The van der Waals surface area contributed by atoms with Crippen LogP contribution in [0, 0.1) is 5.41 Å². The number of aromatic nitrogens is 3. The number of nitrogens with zero attached hydrogens (tertiary/aromatic N) is 5. The van der Waals surface area contributed by atoms with Crippen LogP contribution in [0.15, 0.2) is 55.0 Å². The van der Waals surface area contributed by atoms with E-state index in [0.717, 1.165) is 74.4 Å². The van der Waals surface area contributed by atoms with E-state index in [9.17, 15) is 4.79 Å². The number of benzene rings is 1. The molecule has 1 N–H and O–H groups in total. The van der Waals surface area contributed by atoms with Crippen LogP contribution in [0.4, 0.5) is 5.69 Å². The highest BCUT2D eigenvalue weighted by molar-refractivity contribution is 5.82. The number of nitrogens with one attached hydrogen (secondary N) is 1. The Morgan fingerprint density at radius 3 is 2.57 bits per heavy atom. The van der Waals surface area contributed by atoms with Crippen molar-refractivity contribution in [1.82, 2.24) is 24.8 Å². The number of carbonyl (C=O) groups is 1. The van der Waals surface area contributed by atoms with Crippen LogP contribution in [0.3, 0.4) is 0 Å². The van der Waals surface area contributed by atoms with Gasteiger partial charge in [0.25, 0.3) is 5.88 Å². The quantitative estimate of drug-likeness (QED) is 0.295. The molecular formula is C32H36N6O4. The number of piperazine rings is 1. The summed E-state index contributed by atoms with van der Waals surface area (Å²) in [6.07, 6.45) is 8.76. The summed E-state index contributed by atoms with van der Waals surface area (Å²) in [6, 6.07) is 12.4. The summed E-state index contributed by atoms with van der Waals surface area (Å²) >= 11 is 0. The predicted molar refractivity (Wildman–Crippen MR) is 160 cm³/mol. The van der Waals surface area contributed by atoms with Crippen LogP contribution in [0.5, 0.6) is 23.1 Å². The topological polar surface area (TPSA) is 96.1 Å². The third-order valence-electron chi connectivity index (χ3n) is 9.10. The summed E-state index contributed by atoms with van der Waals surface area (Å²) in [5.41, 5.74) is 3.99. The lowest BCUT2D eigenvalue weighted by molar-refractivity contribution is -0.0380. The van der Waals surface area contributed by atoms with Crippen molar-refractivity contribution in [3.05, 3.63) is 66.1 Å². The number of carbonyl (C=O) groups excluding carboxylic acids is 1. The molecule has 3 aliphatic rings. The standard InChI is InChI=1S/C32H36N6O4/c1-40-29-11-22(16-35-31(29)41-2)18-36-7-9-37(10-8-36)26-14-32(15-26)20-38(21-32)25-4-3-24(19-39)28(13-25)42-27-12-23-5-6-33-30(23)34-17-27/h3-6,11-13,16-17,19,26H,7-10,14-15,18,20-21H2,1-2H3,(H,33,34). The van der Waals surface area contributed by atoms with Crippen molar-refractivity contribution in [2.45, 2.75) is 25.4 Å². The highest BCUT2D eigenvalue weighted by Crippen LogP contribution is 2.52. The summed E-state index contributed by atoms with van der Waals surface area (Å²) < 4.78 is 16.8. The maximum absolute atomic E-state index is 11.7. The monoisotopic (exact) mass is 568 g/mol. The molecule has 0 bridgehead atoms. The van der Waals surface area contributed by atoms with Gasteiger partial charge in [-0.15, -0.1) is 0 Å². The molecule has 3 aromatic heterocycles. The highest BCUT2D eigenvalue weighted by Gasteiger charge is 2.54. The second-order valence-corrected chi connectivity index (χ2v) is 11.8. The predicted octanol–water partition coefficient (Wildman–Crippen LogP) is 4.37. The first-order valence-electron chi connectivity index (χ1n) is 14.5. The molecule has 1 aliphatic carbocycles. The van der Waals surface area contributed by atoms with Gasteiger partial charge in [-0.1, -0.05) is 0 Å². The molecule has 4 aromatic rings. The first-order chi connectivity index (χ1) is 20.5. The first kappa shape index (κ1) is 26.7. The Bertz CT molecular complexity index is 1580. The van der Waals surface area contributed by atoms with E-state index in [4.69, 9.17) is 14.2 Å². The molecule has 1 aromatic carbocycles. The zero-order valence-corrected chi connectivity index (χ0v) is 24.1. The Hall–Kier alpha value is -4.15. The maximum atomic E-state index is 11.7. The summed E-state index contributed by atoms with van der Waals surface area (Å²) in [7, 11) is 3.26. The average Bonchev–Trinajstić information content (AvgIpc) is 3.45. The molecule has 5 heterocycles. The fourth-order valence-corrected chi connectivity index (χ4v) is 6.81. The first-order valence-corrected chi connectivity index (χ1v) is 14.5. The van der Waals surface area contributed by atoms with E-state index >= 15 is 0 Å². The van der Waals surface area contributed by atoms with Crippen LogP contribution in [0.25, 0.3) is 11.0 Å². The number of fused-ring (bicyclic) bond motifs is 1. The number of H-pyrrole nitrogens is 1. The van der Waals surface area contributed by atoms with E-state index in [1.165, 1.54) is 12.8 Å². The van der Waals surface area contributed by atoms with Crippen molar-refractivity contribution in [2.24, 2.45) is 5.41 Å². The van der Waals surface area contributed by atoms with Gasteiger partial charge in [0.2, 0.25) is 0 Å². The molecule has 10 nitrogen and oxygen atoms in total. The van der Waals surface area contributed by atoms with Crippen molar-refractivity contribution in [2.75, 3.05) is 58.4 Å². The van der Waals surface area contributed by atoms with Gasteiger partial charge in [0.15, 0.2) is 12.0 Å². The molecular weight excluding hydrogens is 532 g/mol. The molecule has 0 atom stereocenters. The average molecular weight is 569 g/mol. The van der Waals surface area contributed by atoms with Crippen molar-refractivity contribution < 1.29 is 19.0 Å². The second kappa shape index (κ2) is 10.9. The number of hydrogen-bond acceptors (Lipinski definition) is 9. The van der Waals surface area contributed by atoms with Crippen molar-refractivity contribution in [3.63, 3.8) is 0 Å². The SMILES string of the molecule is COc1cc(CN2CCN(C3CC4(C3)CN(c3ccc(C=O)c(Oc5cnc6[nH]ccc6c5)c3)C4)CC2)cnc1OC. The van der Waals surface area contributed by atoms with Crippen LogP contribution in [0.2, 0.25) is 0 Å². The minimum Gasteiger partial charge on any atom is -0.491 e. The molecule has 1 saturated carbocycles. The van der Waals surface area contributed by atoms with Crippen LogP contribution >= 0.6 is 0 Å². The smallest absolute Gasteiger partial charge is 0.256 e. The van der Waals surface area contributed by atoms with Crippen molar-refractivity contribution in [1.29, 1.82) is 0 Å². The van der Waals surface area contributed by atoms with Gasteiger partial charge in [-0.25, -0.2) is 9.97 Å². The van der Waals surface area contributed by atoms with Gasteiger partial charge in [-0.2, -0.15) is 0 Å². The number of anilines is 1. The maximum Gasteiger partial charge on any atom is 0.256 e. The van der Waals surface area contributed by atoms with Crippen LogP contribution in [-0.2, 0) is 6.54 Å². The zero-order valence-electron chi connectivity index (χ0n) is 24.1. The largest absolute Gasteiger partial charge is 0.491 e. The zero-order chi connectivity index (χ0) is 28.7. The third-order valence-corrected chi connectivity index (χ3v) is 9.10. The van der Waals surface area contributed by atoms with Crippen molar-refractivity contribution >= 4 is 23.0 Å². The number of hydrogen-bond donors (Lipinski definition) is 1. The summed E-state index contributed by atoms with van der Waals surface area (Å²) in [5.74, 6) is 2.38. The van der Waals surface area contributed by atoms with E-state index in [1.807, 2.05) is 48.8 Å². The second-order valence-electron chi connectivity index (χ2n) is 11.8. The van der Waals surface area contributed by atoms with Gasteiger partial charge < -0.3 is 24.1 Å². The Morgan fingerprint density at radius 2 is 1.81 bits per heavy atom. The van der Waals surface area contributed by atoms with Crippen LogP contribution in [0.1, 0.15) is 28.8 Å². The Labute approximate surface area is 245 Å². The van der Waals surface area contributed by atoms with Gasteiger partial charge in [-0.05, 0) is 48.7 Å². The number of ether oxygens (including phenoxy) is 3. The molecule has 3 fully saturated rings. The van der Waals surface area contributed by atoms with E-state index in [-0.39, 0.29) is 0 Å². The fourth-order valence-electron chi connectivity index (χ4n) is 6.81. The van der Waals surface area contributed by atoms with Crippen LogP contribution in [-0.4, -0.2) is 90.6 Å². The van der Waals surface area contributed by atoms with E-state index in [0.29, 0.717) is 40.1 Å². The van der Waals surface area contributed by atoms with Gasteiger partial charge in [0.05, 0.1) is 26.0 Å². The minimum atomic E-state index is 0.403. The summed E-state index contributed by atoms with van der Waals surface area (Å²) in [4.78, 5) is 31.2. The van der Waals surface area contributed by atoms with Gasteiger partial charge in [-0.3, -0.25) is 14.6 Å². The molecule has 2 aliphatic heterocycles. The van der Waals surface area contributed by atoms with Gasteiger partial charge in [0.1, 0.15) is 17.1 Å². The Balaban J connectivity index is 0.909. The molecule has 42 heavy (non-hydrogen) atoms. The Morgan fingerprint density at radius 1 is 0.976 bits per heavy atom. The third kappa shape index (κ3) is 5.05. The number of aromatic amines is 1. The molecule has 0 radical (unpaired) electrons. The lowest BCUT2D eigenvalue weighted by atomic mass is 9.60.